The number of halogens is 2. The summed E-state index contributed by atoms with van der Waals surface area (Å²) in [5.74, 6) is -4.23. The number of sulfone groups is 1. The highest BCUT2D eigenvalue weighted by molar-refractivity contribution is 7.91. The Hall–Kier alpha value is -2.32. The van der Waals surface area contributed by atoms with Crippen LogP contribution in [0, 0.1) is 0 Å². The minimum Gasteiger partial charge on any atom is -0.371 e. The number of hydrogen-bond acceptors (Lipinski definition) is 4. The first-order valence-corrected chi connectivity index (χ1v) is 9.90. The van der Waals surface area contributed by atoms with E-state index in [9.17, 15) is 22.0 Å². The quantitative estimate of drug-likeness (QED) is 0.781. The van der Waals surface area contributed by atoms with Crippen LogP contribution in [0.2, 0.25) is 0 Å². The summed E-state index contributed by atoms with van der Waals surface area (Å²) in [4.78, 5) is 13.4. The molecule has 0 spiro atoms. The molecule has 2 aromatic rings. The van der Waals surface area contributed by atoms with Crippen molar-refractivity contribution < 1.29 is 26.7 Å². The molecular formula is C19H19F2NO4S. The van der Waals surface area contributed by atoms with E-state index in [0.29, 0.717) is 13.0 Å². The van der Waals surface area contributed by atoms with Gasteiger partial charge in [-0.05, 0) is 23.3 Å². The van der Waals surface area contributed by atoms with Crippen LogP contribution in [-0.2, 0) is 27.6 Å². The van der Waals surface area contributed by atoms with Crippen molar-refractivity contribution in [2.75, 3.05) is 13.6 Å². The fourth-order valence-corrected chi connectivity index (χ4v) is 4.03. The van der Waals surface area contributed by atoms with E-state index in [1.54, 1.807) is 0 Å². The minimum absolute atomic E-state index is 0.218. The molecule has 1 aliphatic heterocycles. The summed E-state index contributed by atoms with van der Waals surface area (Å²) in [6.07, 6.45) is 0.359. The molecule has 1 atom stereocenters. The molecule has 27 heavy (non-hydrogen) atoms. The SMILES string of the molecule is CN(CC1Cc2ccccc2CO1)C(=O)c1ccccc1S(=O)(=O)C(F)F. The number of carbonyl (C=O) groups is 1. The van der Waals surface area contributed by atoms with Crippen LogP contribution >= 0.6 is 0 Å². The van der Waals surface area contributed by atoms with Crippen LogP contribution in [0.5, 0.6) is 0 Å². The number of carbonyl (C=O) groups excluding carboxylic acids is 1. The standard InChI is InChI=1S/C19H19F2NO4S/c1-22(11-15-10-13-6-2-3-7-14(13)12-26-15)18(23)16-8-4-5-9-17(16)27(24,25)19(20)21/h2-9,15,19H,10-12H2,1H3. The Bertz CT molecular complexity index is 946. The third-order valence-corrected chi connectivity index (χ3v) is 5.96. The Balaban J connectivity index is 1.78. The normalized spacial score (nSPS) is 16.8. The lowest BCUT2D eigenvalue weighted by atomic mass is 9.99. The van der Waals surface area contributed by atoms with Crippen molar-refractivity contribution in [3.05, 3.63) is 65.2 Å². The van der Waals surface area contributed by atoms with Crippen LogP contribution in [0.4, 0.5) is 8.78 Å². The Kier molecular flexibility index (Phi) is 5.57. The van der Waals surface area contributed by atoms with Crippen molar-refractivity contribution in [3.8, 4) is 0 Å². The smallest absolute Gasteiger partial charge is 0.341 e. The van der Waals surface area contributed by atoms with Gasteiger partial charge in [0.1, 0.15) is 0 Å². The first-order valence-electron chi connectivity index (χ1n) is 8.35. The van der Waals surface area contributed by atoms with Gasteiger partial charge >= 0.3 is 5.76 Å². The van der Waals surface area contributed by atoms with Crippen molar-refractivity contribution in [3.63, 3.8) is 0 Å². The summed E-state index contributed by atoms with van der Waals surface area (Å²) >= 11 is 0. The van der Waals surface area contributed by atoms with Crippen LogP contribution in [0.3, 0.4) is 0 Å². The molecule has 0 aliphatic carbocycles. The molecule has 3 rings (SSSR count). The zero-order chi connectivity index (χ0) is 19.6. The first-order chi connectivity index (χ1) is 12.8. The molecular weight excluding hydrogens is 376 g/mol. The number of likely N-dealkylation sites (N-methyl/N-ethyl adjacent to an activating group) is 1. The third kappa shape index (κ3) is 4.01. The maximum atomic E-state index is 12.9. The van der Waals surface area contributed by atoms with Crippen LogP contribution < -0.4 is 0 Å². The Morgan fingerprint density at radius 2 is 1.78 bits per heavy atom. The van der Waals surface area contributed by atoms with E-state index in [2.05, 4.69) is 0 Å². The summed E-state index contributed by atoms with van der Waals surface area (Å²) in [5, 5.41) is 0. The van der Waals surface area contributed by atoms with Crippen LogP contribution in [0.15, 0.2) is 53.4 Å². The Morgan fingerprint density at radius 1 is 1.15 bits per heavy atom. The molecule has 0 bridgehead atoms. The molecule has 0 saturated carbocycles. The van der Waals surface area contributed by atoms with Crippen molar-refractivity contribution in [2.45, 2.75) is 29.8 Å². The second-order valence-electron chi connectivity index (χ2n) is 6.39. The molecule has 2 aromatic carbocycles. The number of hydrogen-bond donors (Lipinski definition) is 0. The zero-order valence-corrected chi connectivity index (χ0v) is 15.5. The maximum Gasteiger partial charge on any atom is 0.341 e. The minimum atomic E-state index is -4.87. The van der Waals surface area contributed by atoms with Gasteiger partial charge < -0.3 is 9.64 Å². The van der Waals surface area contributed by atoms with E-state index in [1.165, 1.54) is 30.1 Å². The van der Waals surface area contributed by atoms with Gasteiger partial charge in [-0.25, -0.2) is 8.42 Å². The number of benzene rings is 2. The fraction of sp³-hybridized carbons (Fsp3) is 0.316. The summed E-state index contributed by atoms with van der Waals surface area (Å²) < 4.78 is 55.3. The number of nitrogens with zero attached hydrogens (tertiary/aromatic N) is 1. The van der Waals surface area contributed by atoms with E-state index < -0.39 is 26.4 Å². The van der Waals surface area contributed by atoms with Crippen molar-refractivity contribution in [1.29, 1.82) is 0 Å². The summed E-state index contributed by atoms with van der Waals surface area (Å²) in [6.45, 7) is 0.648. The predicted octanol–water partition coefficient (Wildman–Crippen LogP) is 2.90. The molecule has 0 fully saturated rings. The average Bonchev–Trinajstić information content (AvgIpc) is 2.67. The molecule has 0 radical (unpaired) electrons. The number of rotatable bonds is 5. The number of amides is 1. The van der Waals surface area contributed by atoms with Gasteiger partial charge in [-0.15, -0.1) is 0 Å². The topological polar surface area (TPSA) is 63.7 Å². The van der Waals surface area contributed by atoms with Crippen LogP contribution in [0.1, 0.15) is 21.5 Å². The lowest BCUT2D eigenvalue weighted by molar-refractivity contribution is 0.00976. The van der Waals surface area contributed by atoms with Gasteiger partial charge in [-0.1, -0.05) is 36.4 Å². The lowest BCUT2D eigenvalue weighted by Gasteiger charge is -2.29. The Labute approximate surface area is 156 Å². The van der Waals surface area contributed by atoms with Gasteiger partial charge in [0.15, 0.2) is 0 Å². The van der Waals surface area contributed by atoms with Gasteiger partial charge in [0, 0.05) is 20.0 Å². The van der Waals surface area contributed by atoms with Gasteiger partial charge in [0.2, 0.25) is 9.84 Å². The molecule has 1 amide bonds. The molecule has 8 heteroatoms. The fourth-order valence-electron chi connectivity index (χ4n) is 3.11. The molecule has 0 aromatic heterocycles. The highest BCUT2D eigenvalue weighted by atomic mass is 32.2. The third-order valence-electron chi connectivity index (χ3n) is 4.52. The van der Waals surface area contributed by atoms with Crippen molar-refractivity contribution in [2.24, 2.45) is 0 Å². The number of alkyl halides is 2. The summed E-state index contributed by atoms with van der Waals surface area (Å²) in [5.41, 5.74) is 1.96. The molecule has 1 aliphatic rings. The molecule has 1 heterocycles. The first kappa shape index (κ1) is 19.4. The van der Waals surface area contributed by atoms with Crippen LogP contribution in [0.25, 0.3) is 0 Å². The second-order valence-corrected chi connectivity index (χ2v) is 8.28. The van der Waals surface area contributed by atoms with E-state index >= 15 is 0 Å². The van der Waals surface area contributed by atoms with E-state index in [4.69, 9.17) is 4.74 Å². The van der Waals surface area contributed by atoms with Crippen molar-refractivity contribution in [1.82, 2.24) is 4.90 Å². The summed E-state index contributed by atoms with van der Waals surface area (Å²) in [6, 6.07) is 12.9. The van der Waals surface area contributed by atoms with Gasteiger partial charge in [-0.2, -0.15) is 8.78 Å². The van der Waals surface area contributed by atoms with Crippen LogP contribution in [-0.4, -0.2) is 44.7 Å². The second kappa shape index (κ2) is 7.74. The zero-order valence-electron chi connectivity index (χ0n) is 14.6. The molecule has 0 saturated heterocycles. The predicted molar refractivity (Wildman–Crippen MR) is 95.3 cm³/mol. The highest BCUT2D eigenvalue weighted by Crippen LogP contribution is 2.24. The molecule has 144 valence electrons. The molecule has 1 unspecified atom stereocenters. The number of ether oxygens (including phenoxy) is 1. The highest BCUT2D eigenvalue weighted by Gasteiger charge is 2.32. The molecule has 5 nitrogen and oxygen atoms in total. The van der Waals surface area contributed by atoms with Crippen molar-refractivity contribution >= 4 is 15.7 Å². The van der Waals surface area contributed by atoms with Gasteiger partial charge in [-0.3, -0.25) is 4.79 Å². The number of fused-ring (bicyclic) bond motifs is 1. The maximum absolute atomic E-state index is 12.9. The Morgan fingerprint density at radius 3 is 2.48 bits per heavy atom. The summed E-state index contributed by atoms with van der Waals surface area (Å²) in [7, 11) is -3.37. The van der Waals surface area contributed by atoms with E-state index in [1.807, 2.05) is 24.3 Å². The lowest BCUT2D eigenvalue weighted by Crippen LogP contribution is -2.38. The average molecular weight is 395 g/mol. The monoisotopic (exact) mass is 395 g/mol. The van der Waals surface area contributed by atoms with E-state index in [-0.39, 0.29) is 18.2 Å². The van der Waals surface area contributed by atoms with E-state index in [0.717, 1.165) is 17.2 Å². The van der Waals surface area contributed by atoms with Gasteiger partial charge in [0.25, 0.3) is 5.91 Å². The largest absolute Gasteiger partial charge is 0.371 e. The molecule has 0 N–H and O–H groups in total. The van der Waals surface area contributed by atoms with Gasteiger partial charge in [0.05, 0.1) is 23.2 Å².